The summed E-state index contributed by atoms with van der Waals surface area (Å²) >= 11 is 0. The molecule has 4 rings (SSSR count). The molecule has 176 valence electrons. The third-order valence-corrected chi connectivity index (χ3v) is 4.90. The zero-order valence-electron chi connectivity index (χ0n) is 18.4. The van der Waals surface area contributed by atoms with Crippen molar-refractivity contribution in [3.8, 4) is 28.7 Å². The Labute approximate surface area is 193 Å². The van der Waals surface area contributed by atoms with Gasteiger partial charge in [-0.2, -0.15) is 13.2 Å². The summed E-state index contributed by atoms with van der Waals surface area (Å²) in [7, 11) is 4.54. The SMILES string of the molecule is COc1cc(Nc2ncc3cccc(Oc4ccc(C(F)(F)F)cc4)c3n2)cc(OC)c1OC. The van der Waals surface area contributed by atoms with Crippen LogP contribution >= 0.6 is 0 Å². The summed E-state index contributed by atoms with van der Waals surface area (Å²) < 4.78 is 60.4. The van der Waals surface area contributed by atoms with Crippen LogP contribution in [0.2, 0.25) is 0 Å². The molecule has 0 spiro atoms. The number of rotatable bonds is 7. The zero-order chi connectivity index (χ0) is 24.3. The summed E-state index contributed by atoms with van der Waals surface area (Å²) in [5.41, 5.74) is 0.319. The van der Waals surface area contributed by atoms with Gasteiger partial charge in [0.25, 0.3) is 0 Å². The largest absolute Gasteiger partial charge is 0.493 e. The van der Waals surface area contributed by atoms with Gasteiger partial charge < -0.3 is 24.3 Å². The van der Waals surface area contributed by atoms with Crippen LogP contribution < -0.4 is 24.3 Å². The molecule has 10 heteroatoms. The van der Waals surface area contributed by atoms with Gasteiger partial charge in [0.05, 0.1) is 26.9 Å². The monoisotopic (exact) mass is 471 g/mol. The molecule has 0 radical (unpaired) electrons. The van der Waals surface area contributed by atoms with E-state index in [0.717, 1.165) is 12.1 Å². The van der Waals surface area contributed by atoms with E-state index < -0.39 is 11.7 Å². The molecule has 0 amide bonds. The summed E-state index contributed by atoms with van der Waals surface area (Å²) in [4.78, 5) is 8.86. The van der Waals surface area contributed by atoms with Crippen molar-refractivity contribution >= 4 is 22.5 Å². The summed E-state index contributed by atoms with van der Waals surface area (Å²) in [6, 6.07) is 13.1. The highest BCUT2D eigenvalue weighted by Crippen LogP contribution is 2.40. The van der Waals surface area contributed by atoms with Gasteiger partial charge in [-0.3, -0.25) is 0 Å². The number of aromatic nitrogens is 2. The number of hydrogen-bond donors (Lipinski definition) is 1. The first-order chi connectivity index (χ1) is 16.3. The van der Waals surface area contributed by atoms with Gasteiger partial charge in [-0.15, -0.1) is 0 Å². The van der Waals surface area contributed by atoms with Crippen molar-refractivity contribution in [1.29, 1.82) is 0 Å². The van der Waals surface area contributed by atoms with Crippen molar-refractivity contribution in [3.05, 3.63) is 66.4 Å². The first-order valence-electron chi connectivity index (χ1n) is 10.0. The lowest BCUT2D eigenvalue weighted by molar-refractivity contribution is -0.137. The Kier molecular flexibility index (Phi) is 6.31. The van der Waals surface area contributed by atoms with Crippen LogP contribution in [0.5, 0.6) is 28.7 Å². The Morgan fingerprint density at radius 2 is 1.50 bits per heavy atom. The maximum absolute atomic E-state index is 12.8. The minimum atomic E-state index is -4.42. The van der Waals surface area contributed by atoms with Crippen LogP contribution in [0.4, 0.5) is 24.8 Å². The molecule has 4 aromatic rings. The Morgan fingerprint density at radius 3 is 2.09 bits per heavy atom. The molecule has 1 heterocycles. The van der Waals surface area contributed by atoms with E-state index in [1.54, 1.807) is 36.5 Å². The predicted molar refractivity (Wildman–Crippen MR) is 120 cm³/mol. The molecule has 3 aromatic carbocycles. The lowest BCUT2D eigenvalue weighted by Gasteiger charge is -2.15. The first kappa shape index (κ1) is 23.0. The van der Waals surface area contributed by atoms with Gasteiger partial charge >= 0.3 is 6.18 Å². The molecular formula is C24H20F3N3O4. The second-order valence-corrected chi connectivity index (χ2v) is 7.05. The van der Waals surface area contributed by atoms with Gasteiger partial charge in [0, 0.05) is 29.4 Å². The molecule has 1 N–H and O–H groups in total. The Bertz CT molecular complexity index is 1290. The second kappa shape index (κ2) is 9.34. The van der Waals surface area contributed by atoms with E-state index in [1.807, 2.05) is 0 Å². The molecule has 0 saturated heterocycles. The highest BCUT2D eigenvalue weighted by atomic mass is 19.4. The van der Waals surface area contributed by atoms with Crippen LogP contribution in [-0.2, 0) is 6.18 Å². The van der Waals surface area contributed by atoms with E-state index >= 15 is 0 Å². The number of benzene rings is 3. The first-order valence-corrected chi connectivity index (χ1v) is 10.0. The third kappa shape index (κ3) is 4.75. The van der Waals surface area contributed by atoms with Crippen LogP contribution in [0.15, 0.2) is 60.8 Å². The van der Waals surface area contributed by atoms with Crippen molar-refractivity contribution in [2.24, 2.45) is 0 Å². The molecule has 1 aromatic heterocycles. The zero-order valence-corrected chi connectivity index (χ0v) is 18.4. The molecule has 0 unspecified atom stereocenters. The number of para-hydroxylation sites is 1. The van der Waals surface area contributed by atoms with Crippen molar-refractivity contribution in [2.75, 3.05) is 26.6 Å². The number of nitrogens with zero attached hydrogens (tertiary/aromatic N) is 2. The van der Waals surface area contributed by atoms with E-state index in [-0.39, 0.29) is 11.7 Å². The predicted octanol–water partition coefficient (Wildman–Crippen LogP) is 6.21. The van der Waals surface area contributed by atoms with Crippen LogP contribution in [-0.4, -0.2) is 31.3 Å². The number of anilines is 2. The van der Waals surface area contributed by atoms with Crippen molar-refractivity contribution in [2.45, 2.75) is 6.18 Å². The normalized spacial score (nSPS) is 11.2. The number of methoxy groups -OCH3 is 3. The molecular weight excluding hydrogens is 451 g/mol. The standard InChI is InChI=1S/C24H20F3N3O4/c1-31-19-11-16(12-20(32-2)22(19)33-3)29-23-28-13-14-5-4-6-18(21(14)30-23)34-17-9-7-15(8-10-17)24(25,26)27/h4-13H,1-3H3,(H,28,29,30). The topological polar surface area (TPSA) is 74.7 Å². The van der Waals surface area contributed by atoms with Gasteiger partial charge in [-0.1, -0.05) is 12.1 Å². The quantitative estimate of drug-likeness (QED) is 0.343. The van der Waals surface area contributed by atoms with E-state index in [2.05, 4.69) is 15.3 Å². The summed E-state index contributed by atoms with van der Waals surface area (Å²) in [6.45, 7) is 0. The van der Waals surface area contributed by atoms with E-state index in [4.69, 9.17) is 18.9 Å². The number of alkyl halides is 3. The molecule has 0 bridgehead atoms. The summed E-state index contributed by atoms with van der Waals surface area (Å²) in [6.07, 6.45) is -2.80. The molecule has 0 aliphatic carbocycles. The Hall–Kier alpha value is -4.21. The molecule has 0 aliphatic heterocycles. The van der Waals surface area contributed by atoms with Crippen LogP contribution in [0.1, 0.15) is 5.56 Å². The maximum Gasteiger partial charge on any atom is 0.416 e. The molecule has 7 nitrogen and oxygen atoms in total. The minimum absolute atomic E-state index is 0.248. The lowest BCUT2D eigenvalue weighted by atomic mass is 10.2. The van der Waals surface area contributed by atoms with E-state index in [0.29, 0.717) is 39.6 Å². The number of fused-ring (bicyclic) bond motifs is 1. The fraction of sp³-hybridized carbons (Fsp3) is 0.167. The van der Waals surface area contributed by atoms with Crippen LogP contribution in [0.25, 0.3) is 10.9 Å². The number of nitrogens with one attached hydrogen (secondary N) is 1. The molecule has 0 atom stereocenters. The van der Waals surface area contributed by atoms with Gasteiger partial charge in [0.2, 0.25) is 11.7 Å². The maximum atomic E-state index is 12.8. The average molecular weight is 471 g/mol. The molecule has 34 heavy (non-hydrogen) atoms. The van der Waals surface area contributed by atoms with Crippen molar-refractivity contribution < 1.29 is 32.1 Å². The molecule has 0 saturated carbocycles. The average Bonchev–Trinajstić information content (AvgIpc) is 2.83. The second-order valence-electron chi connectivity index (χ2n) is 7.05. The molecule has 0 fully saturated rings. The minimum Gasteiger partial charge on any atom is -0.493 e. The smallest absolute Gasteiger partial charge is 0.416 e. The van der Waals surface area contributed by atoms with E-state index in [9.17, 15) is 13.2 Å². The lowest BCUT2D eigenvalue weighted by Crippen LogP contribution is -2.04. The summed E-state index contributed by atoms with van der Waals surface area (Å²) in [5.74, 6) is 2.24. The van der Waals surface area contributed by atoms with E-state index in [1.165, 1.54) is 33.5 Å². The van der Waals surface area contributed by atoms with Gasteiger partial charge in [0.15, 0.2) is 17.2 Å². The van der Waals surface area contributed by atoms with Crippen molar-refractivity contribution in [3.63, 3.8) is 0 Å². The van der Waals surface area contributed by atoms with Gasteiger partial charge in [-0.25, -0.2) is 9.97 Å². The highest BCUT2D eigenvalue weighted by Gasteiger charge is 2.30. The Morgan fingerprint density at radius 1 is 0.824 bits per heavy atom. The fourth-order valence-corrected chi connectivity index (χ4v) is 3.29. The van der Waals surface area contributed by atoms with Crippen LogP contribution in [0, 0.1) is 0 Å². The highest BCUT2D eigenvalue weighted by molar-refractivity contribution is 5.85. The van der Waals surface area contributed by atoms with Crippen LogP contribution in [0.3, 0.4) is 0 Å². The van der Waals surface area contributed by atoms with Gasteiger partial charge in [-0.05, 0) is 30.3 Å². The van der Waals surface area contributed by atoms with Crippen molar-refractivity contribution in [1.82, 2.24) is 9.97 Å². The Balaban J connectivity index is 1.65. The number of hydrogen-bond acceptors (Lipinski definition) is 7. The third-order valence-electron chi connectivity index (χ3n) is 4.90. The van der Waals surface area contributed by atoms with Gasteiger partial charge in [0.1, 0.15) is 11.3 Å². The molecule has 0 aliphatic rings. The summed E-state index contributed by atoms with van der Waals surface area (Å²) in [5, 5.41) is 3.79. The number of ether oxygens (including phenoxy) is 4. The fourth-order valence-electron chi connectivity index (χ4n) is 3.29. The number of halogens is 3.